The molecule has 122 valence electrons. The van der Waals surface area contributed by atoms with Gasteiger partial charge in [-0.3, -0.25) is 4.79 Å². The lowest BCUT2D eigenvalue weighted by atomic mass is 10.2. The monoisotopic (exact) mass is 339 g/mol. The number of nitrogens with one attached hydrogen (secondary N) is 1. The van der Waals surface area contributed by atoms with Gasteiger partial charge >= 0.3 is 12.1 Å². The predicted molar refractivity (Wildman–Crippen MR) is 71.8 cm³/mol. The average molecular weight is 340 g/mol. The van der Waals surface area contributed by atoms with E-state index in [9.17, 15) is 22.8 Å². The molecule has 0 heterocycles. The molecule has 1 rings (SSSR count). The Morgan fingerprint density at radius 3 is 2.55 bits per heavy atom. The highest BCUT2D eigenvalue weighted by atomic mass is 35.5. The smallest absolute Gasteiger partial charge is 0.391 e. The van der Waals surface area contributed by atoms with Crippen LogP contribution in [0.2, 0.25) is 5.02 Å². The molecule has 1 aromatic rings. The Labute approximate surface area is 129 Å². The van der Waals surface area contributed by atoms with Crippen molar-refractivity contribution in [2.45, 2.75) is 31.7 Å². The van der Waals surface area contributed by atoms with Crippen molar-refractivity contribution in [3.63, 3.8) is 0 Å². The average Bonchev–Trinajstić information content (AvgIpc) is 2.36. The third kappa shape index (κ3) is 6.21. The largest absolute Gasteiger partial charge is 0.481 e. The van der Waals surface area contributed by atoms with Crippen molar-refractivity contribution in [2.24, 2.45) is 0 Å². The normalized spacial score (nSPS) is 14.0. The van der Waals surface area contributed by atoms with E-state index in [1.165, 1.54) is 19.1 Å². The predicted octanol–water partition coefficient (Wildman–Crippen LogP) is 2.63. The number of amides is 1. The summed E-state index contributed by atoms with van der Waals surface area (Å²) in [5.74, 6) is -2.52. The number of ether oxygens (including phenoxy) is 1. The fraction of sp³-hybridized carbons (Fsp3) is 0.385. The lowest BCUT2D eigenvalue weighted by Gasteiger charge is -2.19. The highest BCUT2D eigenvalue weighted by molar-refractivity contribution is 6.30. The molecule has 0 fully saturated rings. The number of halogens is 4. The number of carboxylic acid groups (broad SMARTS) is 1. The van der Waals surface area contributed by atoms with Crippen LogP contribution in [-0.2, 0) is 9.59 Å². The number of carboxylic acids is 1. The summed E-state index contributed by atoms with van der Waals surface area (Å²) in [4.78, 5) is 22.5. The number of carbonyl (C=O) groups excluding carboxylic acids is 1. The van der Waals surface area contributed by atoms with Gasteiger partial charge in [-0.25, -0.2) is 4.79 Å². The topological polar surface area (TPSA) is 75.6 Å². The number of hydrogen-bond donors (Lipinski definition) is 2. The van der Waals surface area contributed by atoms with Gasteiger partial charge in [-0.15, -0.1) is 0 Å². The second-order valence-electron chi connectivity index (χ2n) is 4.44. The molecule has 0 aliphatic rings. The maximum absolute atomic E-state index is 12.2. The Balaban J connectivity index is 2.67. The molecule has 5 nitrogen and oxygen atoms in total. The molecule has 2 atom stereocenters. The third-order valence-electron chi connectivity index (χ3n) is 2.53. The van der Waals surface area contributed by atoms with E-state index in [2.05, 4.69) is 0 Å². The van der Waals surface area contributed by atoms with E-state index in [1.807, 2.05) is 0 Å². The summed E-state index contributed by atoms with van der Waals surface area (Å²) >= 11 is 5.72. The summed E-state index contributed by atoms with van der Waals surface area (Å²) in [6, 6.07) is 3.97. The standard InChI is InChI=1S/C13H13ClF3NO4/c1-7(22-9-4-2-3-8(14)5-9)11(19)18-10(12(20)21)6-13(15,16)17/h2-5,7,10H,6H2,1H3,(H,18,19)(H,20,21). The van der Waals surface area contributed by atoms with Crippen molar-refractivity contribution < 1.29 is 32.6 Å². The molecular weight excluding hydrogens is 327 g/mol. The molecule has 2 unspecified atom stereocenters. The van der Waals surface area contributed by atoms with E-state index in [4.69, 9.17) is 21.4 Å². The van der Waals surface area contributed by atoms with Gasteiger partial charge in [-0.2, -0.15) is 13.2 Å². The van der Waals surface area contributed by atoms with Gasteiger partial charge < -0.3 is 15.2 Å². The lowest BCUT2D eigenvalue weighted by Crippen LogP contribution is -2.48. The van der Waals surface area contributed by atoms with Gasteiger partial charge in [0, 0.05) is 5.02 Å². The Morgan fingerprint density at radius 2 is 2.05 bits per heavy atom. The van der Waals surface area contributed by atoms with Gasteiger partial charge in [0.2, 0.25) is 0 Å². The fourth-order valence-corrected chi connectivity index (χ4v) is 1.70. The van der Waals surface area contributed by atoms with Crippen LogP contribution < -0.4 is 10.1 Å². The minimum absolute atomic E-state index is 0.234. The molecule has 1 amide bonds. The molecule has 0 aliphatic carbocycles. The molecule has 9 heteroatoms. The summed E-state index contributed by atoms with van der Waals surface area (Å²) in [5.41, 5.74) is 0. The highest BCUT2D eigenvalue weighted by Crippen LogP contribution is 2.22. The van der Waals surface area contributed by atoms with Crippen LogP contribution in [0, 0.1) is 0 Å². The SMILES string of the molecule is CC(Oc1cccc(Cl)c1)C(=O)NC(CC(F)(F)F)C(=O)O. The van der Waals surface area contributed by atoms with Crippen LogP contribution in [0.3, 0.4) is 0 Å². The minimum atomic E-state index is -4.71. The minimum Gasteiger partial charge on any atom is -0.481 e. The van der Waals surface area contributed by atoms with E-state index < -0.39 is 36.6 Å². The van der Waals surface area contributed by atoms with Crippen LogP contribution in [0.1, 0.15) is 13.3 Å². The number of benzene rings is 1. The Bertz CT molecular complexity index is 550. The van der Waals surface area contributed by atoms with Gasteiger partial charge in [0.05, 0.1) is 6.42 Å². The third-order valence-corrected chi connectivity index (χ3v) is 2.76. The van der Waals surface area contributed by atoms with Gasteiger partial charge in [0.1, 0.15) is 11.8 Å². The first-order valence-corrected chi connectivity index (χ1v) is 6.48. The fourth-order valence-electron chi connectivity index (χ4n) is 1.52. The van der Waals surface area contributed by atoms with Crippen molar-refractivity contribution in [1.82, 2.24) is 5.32 Å². The molecule has 0 bridgehead atoms. The molecular formula is C13H13ClF3NO4. The van der Waals surface area contributed by atoms with Crippen LogP contribution in [0.4, 0.5) is 13.2 Å². The number of alkyl halides is 3. The number of rotatable bonds is 6. The zero-order chi connectivity index (χ0) is 16.9. The number of aliphatic carboxylic acids is 1. The molecule has 1 aromatic carbocycles. The Kier molecular flexibility index (Phi) is 6.04. The zero-order valence-electron chi connectivity index (χ0n) is 11.4. The van der Waals surface area contributed by atoms with E-state index in [0.29, 0.717) is 5.02 Å². The summed E-state index contributed by atoms with van der Waals surface area (Å²) in [7, 11) is 0. The molecule has 2 N–H and O–H groups in total. The van der Waals surface area contributed by atoms with Gasteiger partial charge in [-0.1, -0.05) is 17.7 Å². The van der Waals surface area contributed by atoms with Gasteiger partial charge in [-0.05, 0) is 25.1 Å². The molecule has 0 aliphatic heterocycles. The summed E-state index contributed by atoms with van der Waals surface area (Å²) in [5, 5.41) is 10.9. The van der Waals surface area contributed by atoms with Crippen molar-refractivity contribution in [2.75, 3.05) is 0 Å². The molecule has 0 saturated carbocycles. The van der Waals surface area contributed by atoms with Crippen molar-refractivity contribution in [3.05, 3.63) is 29.3 Å². The van der Waals surface area contributed by atoms with Crippen LogP contribution in [0.25, 0.3) is 0 Å². The van der Waals surface area contributed by atoms with E-state index in [0.717, 1.165) is 0 Å². The Morgan fingerprint density at radius 1 is 1.41 bits per heavy atom. The maximum Gasteiger partial charge on any atom is 0.391 e. The highest BCUT2D eigenvalue weighted by Gasteiger charge is 2.37. The summed E-state index contributed by atoms with van der Waals surface area (Å²) < 4.78 is 41.9. The van der Waals surface area contributed by atoms with Crippen LogP contribution >= 0.6 is 11.6 Å². The number of hydrogen-bond acceptors (Lipinski definition) is 3. The van der Waals surface area contributed by atoms with Crippen LogP contribution in [-0.4, -0.2) is 35.3 Å². The molecule has 0 aromatic heterocycles. The van der Waals surface area contributed by atoms with Crippen molar-refractivity contribution in [3.8, 4) is 5.75 Å². The van der Waals surface area contributed by atoms with Gasteiger partial charge in [0.25, 0.3) is 5.91 Å². The summed E-state index contributed by atoms with van der Waals surface area (Å²) in [6.45, 7) is 1.28. The molecule has 0 saturated heterocycles. The molecule has 0 radical (unpaired) electrons. The van der Waals surface area contributed by atoms with E-state index in [-0.39, 0.29) is 5.75 Å². The summed E-state index contributed by atoms with van der Waals surface area (Å²) in [6.07, 6.45) is -7.57. The van der Waals surface area contributed by atoms with Crippen LogP contribution in [0.5, 0.6) is 5.75 Å². The first-order valence-electron chi connectivity index (χ1n) is 6.10. The molecule has 22 heavy (non-hydrogen) atoms. The second kappa shape index (κ2) is 7.35. The maximum atomic E-state index is 12.2. The number of carbonyl (C=O) groups is 2. The zero-order valence-corrected chi connectivity index (χ0v) is 12.1. The van der Waals surface area contributed by atoms with Gasteiger partial charge in [0.15, 0.2) is 6.10 Å². The van der Waals surface area contributed by atoms with E-state index >= 15 is 0 Å². The molecule has 0 spiro atoms. The van der Waals surface area contributed by atoms with Crippen molar-refractivity contribution >= 4 is 23.5 Å². The Hall–Kier alpha value is -1.96. The first kappa shape index (κ1) is 18.1. The second-order valence-corrected chi connectivity index (χ2v) is 4.87. The first-order chi connectivity index (χ1) is 10.1. The van der Waals surface area contributed by atoms with E-state index in [1.54, 1.807) is 17.4 Å². The van der Waals surface area contributed by atoms with Crippen molar-refractivity contribution in [1.29, 1.82) is 0 Å². The lowest BCUT2D eigenvalue weighted by molar-refractivity contribution is -0.160. The van der Waals surface area contributed by atoms with Crippen LogP contribution in [0.15, 0.2) is 24.3 Å². The quantitative estimate of drug-likeness (QED) is 0.835.